The summed E-state index contributed by atoms with van der Waals surface area (Å²) in [6.45, 7) is 0. The van der Waals surface area contributed by atoms with Crippen molar-refractivity contribution in [1.29, 1.82) is 0 Å². The van der Waals surface area contributed by atoms with Gasteiger partial charge in [-0.1, -0.05) is 72.8 Å². The fourth-order valence-corrected chi connectivity index (χ4v) is 8.39. The summed E-state index contributed by atoms with van der Waals surface area (Å²) in [5.74, 6) is 4.53. The Hall–Kier alpha value is -7.46. The van der Waals surface area contributed by atoms with Gasteiger partial charge in [-0.25, -0.2) is 0 Å². The third kappa shape index (κ3) is 7.31. The summed E-state index contributed by atoms with van der Waals surface area (Å²) in [5.41, 5.74) is 12.6. The minimum absolute atomic E-state index is 0.167. The van der Waals surface area contributed by atoms with E-state index in [0.29, 0.717) is 17.9 Å². The molecule has 9 rings (SSSR count). The van der Waals surface area contributed by atoms with E-state index < -0.39 is 0 Å². The van der Waals surface area contributed by atoms with E-state index >= 15 is 0 Å². The molecule has 0 fully saturated rings. The fourth-order valence-electron chi connectivity index (χ4n) is 8.39. The molecule has 0 saturated heterocycles. The van der Waals surface area contributed by atoms with Gasteiger partial charge in [-0.05, 0) is 94.0 Å². The van der Waals surface area contributed by atoms with Gasteiger partial charge >= 0.3 is 0 Å². The molecule has 1 aliphatic rings. The van der Waals surface area contributed by atoms with Crippen LogP contribution in [0, 0.1) is 0 Å². The molecule has 8 aromatic rings. The van der Waals surface area contributed by atoms with Gasteiger partial charge in [-0.2, -0.15) is 10.2 Å². The topological polar surface area (TPSA) is 91.0 Å². The first-order valence-corrected chi connectivity index (χ1v) is 20.0. The van der Waals surface area contributed by atoms with Crippen LogP contribution in [0.3, 0.4) is 0 Å². The minimum Gasteiger partial charge on any atom is -0.497 e. The van der Waals surface area contributed by atoms with Crippen molar-refractivity contribution in [3.8, 4) is 68.1 Å². The maximum absolute atomic E-state index is 5.83. The van der Waals surface area contributed by atoms with Gasteiger partial charge in [0.15, 0.2) is 11.5 Å². The number of hydrogen-bond acceptors (Lipinski definition) is 8. The van der Waals surface area contributed by atoms with Crippen LogP contribution in [-0.2, 0) is 6.42 Å². The molecule has 2 heterocycles. The molecule has 0 aliphatic heterocycles. The Morgan fingerprint density at radius 3 is 1.38 bits per heavy atom. The van der Waals surface area contributed by atoms with Crippen molar-refractivity contribution in [2.45, 2.75) is 18.5 Å². The van der Waals surface area contributed by atoms with E-state index in [9.17, 15) is 0 Å². The van der Waals surface area contributed by atoms with Crippen LogP contribution in [0.1, 0.15) is 45.5 Å². The maximum atomic E-state index is 5.83. The number of rotatable bonds is 14. The van der Waals surface area contributed by atoms with E-state index in [1.54, 1.807) is 42.7 Å². The van der Waals surface area contributed by atoms with Crippen LogP contribution >= 0.6 is 0 Å². The van der Waals surface area contributed by atoms with Crippen LogP contribution in [0.2, 0.25) is 0 Å². The van der Waals surface area contributed by atoms with Gasteiger partial charge < -0.3 is 28.4 Å². The molecule has 0 bridgehead atoms. The number of hydrogen-bond donors (Lipinski definition) is 0. The van der Waals surface area contributed by atoms with E-state index in [1.165, 1.54) is 0 Å². The Bertz CT molecular complexity index is 2680. The molecule has 0 atom stereocenters. The van der Waals surface area contributed by atoms with Gasteiger partial charge in [0.1, 0.15) is 35.1 Å². The molecular formula is C51H46N4O6. The van der Waals surface area contributed by atoms with E-state index in [1.807, 2.05) is 59.4 Å². The first-order valence-electron chi connectivity index (χ1n) is 20.0. The summed E-state index contributed by atoms with van der Waals surface area (Å²) < 4.78 is 37.8. The number of ether oxygens (including phenoxy) is 6. The Morgan fingerprint density at radius 2 is 0.918 bits per heavy atom. The molecule has 61 heavy (non-hydrogen) atoms. The molecule has 306 valence electrons. The van der Waals surface area contributed by atoms with Crippen molar-refractivity contribution in [2.24, 2.45) is 0 Å². The maximum Gasteiger partial charge on any atom is 0.161 e. The highest BCUT2D eigenvalue weighted by Gasteiger charge is 2.34. The molecule has 2 aromatic heterocycles. The summed E-state index contributed by atoms with van der Waals surface area (Å²) in [5, 5.41) is 10.4. The van der Waals surface area contributed by atoms with Gasteiger partial charge in [0.05, 0.1) is 60.2 Å². The highest BCUT2D eigenvalue weighted by Crippen LogP contribution is 2.48. The zero-order chi connectivity index (χ0) is 42.0. The predicted octanol–water partition coefficient (Wildman–Crippen LogP) is 10.3. The van der Waals surface area contributed by atoms with Crippen LogP contribution in [-0.4, -0.2) is 62.2 Å². The van der Waals surface area contributed by atoms with Crippen LogP contribution in [0.25, 0.3) is 33.6 Å². The molecule has 0 unspecified atom stereocenters. The number of aromatic nitrogens is 4. The first-order chi connectivity index (χ1) is 29.9. The van der Waals surface area contributed by atoms with Crippen LogP contribution in [0.4, 0.5) is 0 Å². The van der Waals surface area contributed by atoms with Gasteiger partial charge in [-0.15, -0.1) is 0 Å². The average molecular weight is 811 g/mol. The number of benzene rings is 6. The Balaban J connectivity index is 1.13. The van der Waals surface area contributed by atoms with Gasteiger partial charge in [0.25, 0.3) is 0 Å². The Labute approximate surface area is 355 Å². The van der Waals surface area contributed by atoms with Crippen molar-refractivity contribution in [1.82, 2.24) is 19.6 Å². The normalized spacial score (nSPS) is 11.7. The zero-order valence-corrected chi connectivity index (χ0v) is 35.0. The molecule has 0 spiro atoms. The van der Waals surface area contributed by atoms with Crippen molar-refractivity contribution in [3.63, 3.8) is 0 Å². The van der Waals surface area contributed by atoms with Crippen molar-refractivity contribution >= 4 is 0 Å². The predicted molar refractivity (Wildman–Crippen MR) is 237 cm³/mol. The lowest BCUT2D eigenvalue weighted by Gasteiger charge is -2.22. The van der Waals surface area contributed by atoms with Gasteiger partial charge in [-0.3, -0.25) is 9.36 Å². The second-order valence-corrected chi connectivity index (χ2v) is 14.8. The molecule has 6 aromatic carbocycles. The first kappa shape index (κ1) is 39.0. The Morgan fingerprint density at radius 1 is 0.475 bits per heavy atom. The third-order valence-electron chi connectivity index (χ3n) is 11.6. The van der Waals surface area contributed by atoms with E-state index in [-0.39, 0.29) is 12.1 Å². The molecule has 0 saturated carbocycles. The second-order valence-electron chi connectivity index (χ2n) is 14.8. The monoisotopic (exact) mass is 810 g/mol. The number of fused-ring (bicyclic) bond motifs is 3. The third-order valence-corrected chi connectivity index (χ3v) is 11.6. The van der Waals surface area contributed by atoms with E-state index in [0.717, 1.165) is 90.0 Å². The van der Waals surface area contributed by atoms with Crippen molar-refractivity contribution < 1.29 is 28.4 Å². The Kier molecular flexibility index (Phi) is 10.7. The lowest BCUT2D eigenvalue weighted by atomic mass is 9.97. The molecule has 0 N–H and O–H groups in total. The SMILES string of the molecule is COc1ccc(C(c2ccc(OC)cc2)n2cc(-c3ccc(-c4nn(C(c5ccc(OC)cc5)c5ccc(OC)cc5)c5c4Cc4cc(OC)c(OC)cc4-5)cc3)cn2)cc1. The van der Waals surface area contributed by atoms with Crippen molar-refractivity contribution in [2.75, 3.05) is 42.7 Å². The highest BCUT2D eigenvalue weighted by atomic mass is 16.5. The molecular weight excluding hydrogens is 765 g/mol. The highest BCUT2D eigenvalue weighted by molar-refractivity contribution is 5.84. The van der Waals surface area contributed by atoms with Crippen molar-refractivity contribution in [3.05, 3.63) is 179 Å². The minimum atomic E-state index is -0.271. The lowest BCUT2D eigenvalue weighted by molar-refractivity contribution is 0.355. The summed E-state index contributed by atoms with van der Waals surface area (Å²) in [4.78, 5) is 0. The summed E-state index contributed by atoms with van der Waals surface area (Å²) >= 11 is 0. The average Bonchev–Trinajstić information content (AvgIpc) is 4.05. The van der Waals surface area contributed by atoms with Crippen LogP contribution in [0.5, 0.6) is 34.5 Å². The molecule has 1 aliphatic carbocycles. The lowest BCUT2D eigenvalue weighted by Crippen LogP contribution is -2.15. The van der Waals surface area contributed by atoms with Crippen LogP contribution < -0.4 is 28.4 Å². The molecule has 0 amide bonds. The smallest absolute Gasteiger partial charge is 0.161 e. The summed E-state index contributed by atoms with van der Waals surface area (Å²) in [6, 6.07) is 45.0. The van der Waals surface area contributed by atoms with Crippen LogP contribution in [0.15, 0.2) is 146 Å². The molecule has 10 nitrogen and oxygen atoms in total. The summed E-state index contributed by atoms with van der Waals surface area (Å²) in [6.07, 6.45) is 4.71. The molecule has 0 radical (unpaired) electrons. The molecule has 10 heteroatoms. The summed E-state index contributed by atoms with van der Waals surface area (Å²) in [7, 11) is 10.1. The van der Waals surface area contributed by atoms with Gasteiger partial charge in [0.2, 0.25) is 0 Å². The number of nitrogens with zero attached hydrogens (tertiary/aromatic N) is 4. The number of methoxy groups -OCH3 is 6. The van der Waals surface area contributed by atoms with E-state index in [2.05, 4.69) is 95.8 Å². The fraction of sp³-hybridized carbons (Fsp3) is 0.176. The van der Waals surface area contributed by atoms with E-state index in [4.69, 9.17) is 38.6 Å². The largest absolute Gasteiger partial charge is 0.497 e. The van der Waals surface area contributed by atoms with Gasteiger partial charge in [0, 0.05) is 34.9 Å². The quantitative estimate of drug-likeness (QED) is 0.107. The zero-order valence-electron chi connectivity index (χ0n) is 35.0. The second kappa shape index (κ2) is 16.7. The standard InChI is InChI=1S/C51H46N4O6/c1-56-40-19-11-34(12-20-40)49(35-13-21-41(57-2)22-14-35)54-31-39(30-52-54)32-7-9-33(10-8-32)48-45-27-38-28-46(60-5)47(61-6)29-44(38)51(45)55(53-48)50(36-15-23-42(58-3)24-16-36)37-17-25-43(59-4)26-18-37/h7-26,28-31,49-50H,27H2,1-6H3.